The van der Waals surface area contributed by atoms with Crippen molar-refractivity contribution in [1.82, 2.24) is 9.97 Å². The first-order chi connectivity index (χ1) is 7.63. The second kappa shape index (κ2) is 4.49. The number of rotatable bonds is 2. The summed E-state index contributed by atoms with van der Waals surface area (Å²) >= 11 is 5.79. The highest BCUT2D eigenvalue weighted by Gasteiger charge is 2.00. The third-order valence-electron chi connectivity index (χ3n) is 2.12. The van der Waals surface area contributed by atoms with Crippen molar-refractivity contribution in [3.05, 3.63) is 46.9 Å². The first-order valence-corrected chi connectivity index (χ1v) is 5.36. The van der Waals surface area contributed by atoms with Gasteiger partial charge in [0.05, 0.1) is 0 Å². The van der Waals surface area contributed by atoms with E-state index in [1.165, 1.54) is 5.56 Å². The van der Waals surface area contributed by atoms with Crippen molar-refractivity contribution in [3.8, 4) is 0 Å². The number of benzene rings is 1. The van der Waals surface area contributed by atoms with Gasteiger partial charge < -0.3 is 5.32 Å². The van der Waals surface area contributed by atoms with Crippen LogP contribution in [0.3, 0.4) is 0 Å². The summed E-state index contributed by atoms with van der Waals surface area (Å²) in [5.74, 6) is 0.711. The number of aryl methyl sites for hydroxylation is 2. The van der Waals surface area contributed by atoms with E-state index < -0.39 is 0 Å². The molecule has 0 aliphatic carbocycles. The van der Waals surface area contributed by atoms with Crippen molar-refractivity contribution in [2.24, 2.45) is 0 Å². The van der Waals surface area contributed by atoms with E-state index in [1.807, 2.05) is 44.2 Å². The summed E-state index contributed by atoms with van der Waals surface area (Å²) in [4.78, 5) is 8.11. The fourth-order valence-electron chi connectivity index (χ4n) is 1.47. The summed E-state index contributed by atoms with van der Waals surface area (Å²) in [5, 5.41) is 3.45. The van der Waals surface area contributed by atoms with Crippen LogP contribution in [0.1, 0.15) is 11.3 Å². The Kier molecular flexibility index (Phi) is 3.06. The summed E-state index contributed by atoms with van der Waals surface area (Å²) in [6.07, 6.45) is 0. The van der Waals surface area contributed by atoms with E-state index in [-0.39, 0.29) is 5.28 Å². The van der Waals surface area contributed by atoms with Crippen LogP contribution in [0.25, 0.3) is 0 Å². The van der Waals surface area contributed by atoms with Crippen molar-refractivity contribution in [2.45, 2.75) is 13.8 Å². The fourth-order valence-corrected chi connectivity index (χ4v) is 1.69. The molecule has 16 heavy (non-hydrogen) atoms. The van der Waals surface area contributed by atoms with Crippen LogP contribution in [-0.4, -0.2) is 9.97 Å². The molecule has 0 atom stereocenters. The molecular formula is C12H12ClN3. The highest BCUT2D eigenvalue weighted by Crippen LogP contribution is 2.17. The minimum absolute atomic E-state index is 0.259. The van der Waals surface area contributed by atoms with Crippen LogP contribution in [0, 0.1) is 13.8 Å². The Morgan fingerprint density at radius 2 is 1.94 bits per heavy atom. The Balaban J connectivity index is 2.27. The number of aromatic nitrogens is 2. The number of nitrogens with one attached hydrogen (secondary N) is 1. The van der Waals surface area contributed by atoms with E-state index >= 15 is 0 Å². The van der Waals surface area contributed by atoms with Gasteiger partial charge in [0.15, 0.2) is 0 Å². The molecule has 0 saturated carbocycles. The topological polar surface area (TPSA) is 37.8 Å². The first kappa shape index (κ1) is 10.9. The number of halogens is 1. The Morgan fingerprint density at radius 3 is 2.62 bits per heavy atom. The van der Waals surface area contributed by atoms with Gasteiger partial charge in [-0.05, 0) is 43.1 Å². The zero-order valence-corrected chi connectivity index (χ0v) is 9.92. The normalized spacial score (nSPS) is 10.2. The molecule has 0 unspecified atom stereocenters. The number of hydrogen-bond acceptors (Lipinski definition) is 3. The molecule has 0 fully saturated rings. The predicted octanol–water partition coefficient (Wildman–Crippen LogP) is 3.49. The molecule has 0 saturated heterocycles. The van der Waals surface area contributed by atoms with E-state index in [1.54, 1.807) is 0 Å². The quantitative estimate of drug-likeness (QED) is 0.807. The van der Waals surface area contributed by atoms with Crippen LogP contribution in [0.15, 0.2) is 30.3 Å². The molecule has 4 heteroatoms. The minimum atomic E-state index is 0.259. The van der Waals surface area contributed by atoms with Gasteiger partial charge in [0.2, 0.25) is 5.28 Å². The van der Waals surface area contributed by atoms with Crippen LogP contribution in [0.2, 0.25) is 5.28 Å². The second-order valence-corrected chi connectivity index (χ2v) is 4.00. The number of nitrogens with zero attached hydrogens (tertiary/aromatic N) is 2. The molecule has 3 nitrogen and oxygen atoms in total. The van der Waals surface area contributed by atoms with Gasteiger partial charge in [0.25, 0.3) is 0 Å². The molecule has 0 spiro atoms. The second-order valence-electron chi connectivity index (χ2n) is 3.66. The highest BCUT2D eigenvalue weighted by atomic mass is 35.5. The van der Waals surface area contributed by atoms with Gasteiger partial charge in [0, 0.05) is 17.4 Å². The van der Waals surface area contributed by atoms with Crippen molar-refractivity contribution < 1.29 is 0 Å². The lowest BCUT2D eigenvalue weighted by atomic mass is 10.2. The van der Waals surface area contributed by atoms with Crippen molar-refractivity contribution in [3.63, 3.8) is 0 Å². The molecule has 1 aromatic heterocycles. The standard InChI is InChI=1S/C12H12ClN3/c1-8-4-3-5-10(6-8)15-11-7-9(2)14-12(13)16-11/h3-7H,1-2H3,(H,14,15,16). The molecule has 1 aromatic carbocycles. The van der Waals surface area contributed by atoms with E-state index in [4.69, 9.17) is 11.6 Å². The molecule has 0 amide bonds. The largest absolute Gasteiger partial charge is 0.340 e. The van der Waals surface area contributed by atoms with Crippen LogP contribution in [0.4, 0.5) is 11.5 Å². The molecule has 0 radical (unpaired) electrons. The summed E-state index contributed by atoms with van der Waals surface area (Å²) in [6.45, 7) is 3.93. The summed E-state index contributed by atoms with van der Waals surface area (Å²) in [6, 6.07) is 9.93. The van der Waals surface area contributed by atoms with Gasteiger partial charge in [-0.2, -0.15) is 0 Å². The lowest BCUT2D eigenvalue weighted by Crippen LogP contribution is -1.96. The number of hydrogen-bond donors (Lipinski definition) is 1. The average molecular weight is 234 g/mol. The van der Waals surface area contributed by atoms with Crippen molar-refractivity contribution in [2.75, 3.05) is 5.32 Å². The maximum atomic E-state index is 5.79. The summed E-state index contributed by atoms with van der Waals surface area (Å²) < 4.78 is 0. The SMILES string of the molecule is Cc1cccc(Nc2cc(C)nc(Cl)n2)c1. The maximum absolute atomic E-state index is 5.79. The molecule has 1 N–H and O–H groups in total. The van der Waals surface area contributed by atoms with E-state index in [0.29, 0.717) is 5.82 Å². The molecule has 0 aliphatic heterocycles. The minimum Gasteiger partial charge on any atom is -0.340 e. The monoisotopic (exact) mass is 233 g/mol. The fraction of sp³-hybridized carbons (Fsp3) is 0.167. The summed E-state index contributed by atoms with van der Waals surface area (Å²) in [7, 11) is 0. The first-order valence-electron chi connectivity index (χ1n) is 4.98. The van der Waals surface area contributed by atoms with Gasteiger partial charge in [0.1, 0.15) is 5.82 Å². The lowest BCUT2D eigenvalue weighted by Gasteiger charge is -2.06. The third-order valence-corrected chi connectivity index (χ3v) is 2.29. The van der Waals surface area contributed by atoms with Crippen molar-refractivity contribution >= 4 is 23.1 Å². The summed E-state index contributed by atoms with van der Waals surface area (Å²) in [5.41, 5.74) is 3.03. The number of anilines is 2. The van der Waals surface area contributed by atoms with E-state index in [9.17, 15) is 0 Å². The van der Waals surface area contributed by atoms with Crippen LogP contribution >= 0.6 is 11.6 Å². The Bertz CT molecular complexity index is 491. The molecular weight excluding hydrogens is 222 g/mol. The smallest absolute Gasteiger partial charge is 0.224 e. The van der Waals surface area contributed by atoms with Gasteiger partial charge in [-0.15, -0.1) is 0 Å². The Labute approximate surface area is 99.5 Å². The van der Waals surface area contributed by atoms with Crippen molar-refractivity contribution in [1.29, 1.82) is 0 Å². The molecule has 0 aliphatic rings. The average Bonchev–Trinajstić information content (AvgIpc) is 2.15. The predicted molar refractivity (Wildman–Crippen MR) is 66.2 cm³/mol. The Morgan fingerprint density at radius 1 is 1.12 bits per heavy atom. The maximum Gasteiger partial charge on any atom is 0.224 e. The Hall–Kier alpha value is -1.61. The molecule has 1 heterocycles. The van der Waals surface area contributed by atoms with Gasteiger partial charge in [-0.1, -0.05) is 12.1 Å². The van der Waals surface area contributed by atoms with Gasteiger partial charge in [-0.3, -0.25) is 0 Å². The van der Waals surface area contributed by atoms with Gasteiger partial charge >= 0.3 is 0 Å². The lowest BCUT2D eigenvalue weighted by molar-refractivity contribution is 1.10. The van der Waals surface area contributed by atoms with E-state index in [0.717, 1.165) is 11.4 Å². The molecule has 2 aromatic rings. The van der Waals surface area contributed by atoms with Gasteiger partial charge in [-0.25, -0.2) is 9.97 Å². The van der Waals surface area contributed by atoms with Crippen LogP contribution in [-0.2, 0) is 0 Å². The zero-order chi connectivity index (χ0) is 11.5. The zero-order valence-electron chi connectivity index (χ0n) is 9.16. The van der Waals surface area contributed by atoms with Crippen LogP contribution in [0.5, 0.6) is 0 Å². The third kappa shape index (κ3) is 2.70. The van der Waals surface area contributed by atoms with Crippen LogP contribution < -0.4 is 5.32 Å². The molecule has 2 rings (SSSR count). The highest BCUT2D eigenvalue weighted by molar-refractivity contribution is 6.28. The van der Waals surface area contributed by atoms with E-state index in [2.05, 4.69) is 15.3 Å². The molecule has 0 bridgehead atoms. The molecule has 82 valence electrons.